The molecule has 0 bridgehead atoms. The summed E-state index contributed by atoms with van der Waals surface area (Å²) in [4.78, 5) is 6.95. The molecule has 5 nitrogen and oxygen atoms in total. The summed E-state index contributed by atoms with van der Waals surface area (Å²) in [5.41, 5.74) is 1.61. The summed E-state index contributed by atoms with van der Waals surface area (Å²) in [6.07, 6.45) is 8.25. The fraction of sp³-hybridized carbons (Fsp3) is 0.650. The third-order valence-electron chi connectivity index (χ3n) is 5.79. The van der Waals surface area contributed by atoms with Crippen molar-refractivity contribution in [1.29, 1.82) is 0 Å². The van der Waals surface area contributed by atoms with Crippen LogP contribution in [0.4, 0.5) is 0 Å². The van der Waals surface area contributed by atoms with Crippen molar-refractivity contribution in [2.24, 2.45) is 10.4 Å². The quantitative estimate of drug-likeness (QED) is 0.407. The van der Waals surface area contributed by atoms with Crippen LogP contribution >= 0.6 is 24.0 Å². The lowest BCUT2D eigenvalue weighted by Gasteiger charge is -2.33. The highest BCUT2D eigenvalue weighted by Crippen LogP contribution is 2.43. The molecule has 0 atom stereocenters. The molecule has 1 aliphatic heterocycles. The Balaban J connectivity index is 0.00000243. The van der Waals surface area contributed by atoms with Crippen LogP contribution < -0.4 is 14.8 Å². The lowest BCUT2D eigenvalue weighted by atomic mass is 9.73. The van der Waals surface area contributed by atoms with Gasteiger partial charge in [-0.1, -0.05) is 31.4 Å². The van der Waals surface area contributed by atoms with Gasteiger partial charge in [0, 0.05) is 32.2 Å². The maximum absolute atomic E-state index is 5.53. The van der Waals surface area contributed by atoms with E-state index >= 15 is 0 Å². The number of aliphatic imine (C=N–C) groups is 1. The Hall–Kier alpha value is -1.18. The van der Waals surface area contributed by atoms with Gasteiger partial charge in [0.1, 0.15) is 0 Å². The van der Waals surface area contributed by atoms with Gasteiger partial charge in [-0.15, -0.1) is 24.0 Å². The Morgan fingerprint density at radius 1 is 1.15 bits per heavy atom. The molecule has 1 heterocycles. The number of methoxy groups -OCH3 is 2. The minimum absolute atomic E-state index is 0. The molecule has 0 amide bonds. The molecule has 1 spiro atoms. The van der Waals surface area contributed by atoms with Crippen LogP contribution in [0.1, 0.15) is 44.1 Å². The number of ether oxygens (including phenoxy) is 2. The zero-order valence-corrected chi connectivity index (χ0v) is 18.5. The second-order valence-corrected chi connectivity index (χ2v) is 7.29. The highest BCUT2D eigenvalue weighted by molar-refractivity contribution is 14.0. The first kappa shape index (κ1) is 21.1. The molecule has 146 valence electrons. The molecule has 1 saturated carbocycles. The van der Waals surface area contributed by atoms with E-state index in [0.717, 1.165) is 36.1 Å². The fourth-order valence-electron chi connectivity index (χ4n) is 4.43. The minimum atomic E-state index is 0. The van der Waals surface area contributed by atoms with Gasteiger partial charge in [0.25, 0.3) is 0 Å². The van der Waals surface area contributed by atoms with Gasteiger partial charge in [0.15, 0.2) is 17.5 Å². The van der Waals surface area contributed by atoms with Crippen molar-refractivity contribution in [3.05, 3.63) is 23.8 Å². The van der Waals surface area contributed by atoms with Crippen molar-refractivity contribution < 1.29 is 9.47 Å². The molecular weight excluding hydrogens is 441 g/mol. The molecule has 0 aromatic heterocycles. The van der Waals surface area contributed by atoms with E-state index in [2.05, 4.69) is 21.3 Å². The number of likely N-dealkylation sites (tertiary alicyclic amines) is 1. The van der Waals surface area contributed by atoms with E-state index < -0.39 is 0 Å². The van der Waals surface area contributed by atoms with Crippen molar-refractivity contribution in [2.45, 2.75) is 45.1 Å². The Bertz CT molecular complexity index is 615. The molecule has 1 saturated heterocycles. The molecule has 26 heavy (non-hydrogen) atoms. The normalized spacial score (nSPS) is 19.2. The summed E-state index contributed by atoms with van der Waals surface area (Å²) in [7, 11) is 5.22. The predicted molar refractivity (Wildman–Crippen MR) is 117 cm³/mol. The van der Waals surface area contributed by atoms with E-state index in [1.165, 1.54) is 38.5 Å². The Morgan fingerprint density at radius 3 is 2.58 bits per heavy atom. The van der Waals surface area contributed by atoms with Crippen LogP contribution in [-0.4, -0.2) is 45.2 Å². The molecule has 0 radical (unpaired) electrons. The van der Waals surface area contributed by atoms with Crippen LogP contribution in [-0.2, 0) is 6.54 Å². The standard InChI is InChI=1S/C20H31N3O2.HI/c1-21-19(23-13-12-20(15-23)10-5-4-6-11-20)22-14-16-8-7-9-17(24-2)18(16)25-3;/h7-9H,4-6,10-15H2,1-3H3,(H,21,22);1H. The van der Waals surface area contributed by atoms with Gasteiger partial charge >= 0.3 is 0 Å². The smallest absolute Gasteiger partial charge is 0.193 e. The van der Waals surface area contributed by atoms with Crippen LogP contribution in [0.25, 0.3) is 0 Å². The number of hydrogen-bond acceptors (Lipinski definition) is 3. The van der Waals surface area contributed by atoms with Gasteiger partial charge < -0.3 is 19.7 Å². The van der Waals surface area contributed by atoms with Crippen molar-refractivity contribution in [3.8, 4) is 11.5 Å². The number of nitrogens with zero attached hydrogens (tertiary/aromatic N) is 2. The van der Waals surface area contributed by atoms with E-state index in [9.17, 15) is 0 Å². The van der Waals surface area contributed by atoms with Gasteiger partial charge in [-0.3, -0.25) is 4.99 Å². The second-order valence-electron chi connectivity index (χ2n) is 7.29. The van der Waals surface area contributed by atoms with Crippen LogP contribution in [0.3, 0.4) is 0 Å². The molecule has 3 rings (SSSR count). The highest BCUT2D eigenvalue weighted by Gasteiger charge is 2.39. The largest absolute Gasteiger partial charge is 0.493 e. The Kier molecular flexibility index (Phi) is 7.85. The average Bonchev–Trinajstić information content (AvgIpc) is 3.05. The lowest BCUT2D eigenvalue weighted by molar-refractivity contribution is 0.203. The number of para-hydroxylation sites is 1. The van der Waals surface area contributed by atoms with Gasteiger partial charge in [-0.05, 0) is 30.7 Å². The maximum atomic E-state index is 5.53. The third kappa shape index (κ3) is 4.56. The fourth-order valence-corrected chi connectivity index (χ4v) is 4.43. The molecule has 6 heteroatoms. The number of benzene rings is 1. The summed E-state index contributed by atoms with van der Waals surface area (Å²) in [6, 6.07) is 5.98. The Morgan fingerprint density at radius 2 is 1.92 bits per heavy atom. The summed E-state index contributed by atoms with van der Waals surface area (Å²) in [5, 5.41) is 3.52. The van der Waals surface area contributed by atoms with Crippen molar-refractivity contribution in [1.82, 2.24) is 10.2 Å². The van der Waals surface area contributed by atoms with Crippen molar-refractivity contribution in [3.63, 3.8) is 0 Å². The first-order valence-corrected chi connectivity index (χ1v) is 9.37. The average molecular weight is 473 g/mol. The molecule has 0 unspecified atom stereocenters. The molecule has 2 fully saturated rings. The Labute approximate surface area is 174 Å². The van der Waals surface area contributed by atoms with Crippen LogP contribution in [0.15, 0.2) is 23.2 Å². The molecule has 2 aliphatic rings. The number of hydrogen-bond donors (Lipinski definition) is 1. The summed E-state index contributed by atoms with van der Waals surface area (Å²) in [6.45, 7) is 2.92. The van der Waals surface area contributed by atoms with Gasteiger partial charge in [-0.2, -0.15) is 0 Å². The predicted octanol–water partition coefficient (Wildman–Crippen LogP) is 4.05. The van der Waals surface area contributed by atoms with Crippen LogP contribution in [0.5, 0.6) is 11.5 Å². The summed E-state index contributed by atoms with van der Waals surface area (Å²) < 4.78 is 10.9. The molecule has 1 aromatic rings. The summed E-state index contributed by atoms with van der Waals surface area (Å²) in [5.74, 6) is 2.55. The lowest BCUT2D eigenvalue weighted by Crippen LogP contribution is -2.41. The zero-order valence-electron chi connectivity index (χ0n) is 16.2. The highest BCUT2D eigenvalue weighted by atomic mass is 127. The van der Waals surface area contributed by atoms with E-state index in [4.69, 9.17) is 9.47 Å². The number of rotatable bonds is 4. The SMILES string of the molecule is CN=C(NCc1cccc(OC)c1OC)N1CCC2(CCCCC2)C1.I. The van der Waals surface area contributed by atoms with Crippen LogP contribution in [0, 0.1) is 5.41 Å². The molecule has 1 aromatic carbocycles. The molecular formula is C20H32IN3O2. The van der Waals surface area contributed by atoms with Gasteiger partial charge in [0.05, 0.1) is 14.2 Å². The van der Waals surface area contributed by atoms with E-state index in [0.29, 0.717) is 12.0 Å². The maximum Gasteiger partial charge on any atom is 0.193 e. The van der Waals surface area contributed by atoms with Gasteiger partial charge in [-0.25, -0.2) is 0 Å². The van der Waals surface area contributed by atoms with Crippen molar-refractivity contribution in [2.75, 3.05) is 34.4 Å². The molecule has 1 N–H and O–H groups in total. The van der Waals surface area contributed by atoms with Crippen LogP contribution in [0.2, 0.25) is 0 Å². The topological polar surface area (TPSA) is 46.1 Å². The molecule has 1 aliphatic carbocycles. The number of nitrogens with one attached hydrogen (secondary N) is 1. The second kappa shape index (κ2) is 9.67. The first-order chi connectivity index (χ1) is 12.2. The third-order valence-corrected chi connectivity index (χ3v) is 5.79. The first-order valence-electron chi connectivity index (χ1n) is 9.37. The van der Waals surface area contributed by atoms with E-state index in [-0.39, 0.29) is 24.0 Å². The van der Waals surface area contributed by atoms with E-state index in [1.54, 1.807) is 14.2 Å². The van der Waals surface area contributed by atoms with E-state index in [1.807, 2.05) is 19.2 Å². The van der Waals surface area contributed by atoms with Crippen molar-refractivity contribution >= 4 is 29.9 Å². The zero-order chi connectivity index (χ0) is 17.7. The summed E-state index contributed by atoms with van der Waals surface area (Å²) >= 11 is 0. The monoisotopic (exact) mass is 473 g/mol. The number of halogens is 1. The van der Waals surface area contributed by atoms with Gasteiger partial charge in [0.2, 0.25) is 0 Å². The minimum Gasteiger partial charge on any atom is -0.493 e. The number of guanidine groups is 1.